The molecule has 0 amide bonds. The molecule has 1 saturated carbocycles. The molecule has 3 nitrogen and oxygen atoms in total. The van der Waals surface area contributed by atoms with Gasteiger partial charge in [0.15, 0.2) is 0 Å². The monoisotopic (exact) mass is 255 g/mol. The molecule has 0 atom stereocenters. The Bertz CT molecular complexity index is 540. The summed E-state index contributed by atoms with van der Waals surface area (Å²) in [5.41, 5.74) is 2.69. The summed E-state index contributed by atoms with van der Waals surface area (Å²) in [4.78, 5) is 4.39. The van der Waals surface area contributed by atoms with Crippen molar-refractivity contribution >= 4 is 5.69 Å². The maximum Gasteiger partial charge on any atom is 0.128 e. The molecule has 0 aliphatic heterocycles. The normalized spacial score (nSPS) is 15.2. The van der Waals surface area contributed by atoms with Gasteiger partial charge in [-0.15, -0.1) is 0 Å². The largest absolute Gasteiger partial charge is 0.378 e. The summed E-state index contributed by atoms with van der Waals surface area (Å²) in [5.74, 6) is 1.89. The minimum atomic E-state index is 0.787. The van der Waals surface area contributed by atoms with Crippen molar-refractivity contribution in [1.82, 2.24) is 9.55 Å². The maximum atomic E-state index is 4.39. The number of imidazole rings is 1. The van der Waals surface area contributed by atoms with Crippen molar-refractivity contribution in [1.29, 1.82) is 0 Å². The highest BCUT2D eigenvalue weighted by atomic mass is 15.1. The van der Waals surface area contributed by atoms with E-state index >= 15 is 0 Å². The molecule has 3 rings (SSSR count). The van der Waals surface area contributed by atoms with Crippen LogP contribution in [0.5, 0.6) is 0 Å². The molecule has 100 valence electrons. The number of hydrogen-bond acceptors (Lipinski definition) is 2. The van der Waals surface area contributed by atoms with Gasteiger partial charge in [0.2, 0.25) is 0 Å². The smallest absolute Gasteiger partial charge is 0.128 e. The number of nitrogens with one attached hydrogen (secondary N) is 1. The fraction of sp³-hybridized carbons (Fsp3) is 0.438. The fourth-order valence-electron chi connectivity index (χ4n) is 2.62. The summed E-state index contributed by atoms with van der Waals surface area (Å²) in [6.07, 6.45) is 7.98. The molecule has 3 heteroatoms. The number of rotatable bonds is 5. The van der Waals surface area contributed by atoms with Crippen LogP contribution in [0.15, 0.2) is 36.7 Å². The first-order valence-corrected chi connectivity index (χ1v) is 7.20. The van der Waals surface area contributed by atoms with E-state index in [1.807, 2.05) is 12.4 Å². The Labute approximate surface area is 114 Å². The summed E-state index contributed by atoms with van der Waals surface area (Å²) in [5, 5.41) is 3.48. The van der Waals surface area contributed by atoms with E-state index in [9.17, 15) is 0 Å². The van der Waals surface area contributed by atoms with Gasteiger partial charge in [-0.25, -0.2) is 4.98 Å². The summed E-state index contributed by atoms with van der Waals surface area (Å²) in [6.45, 7) is 3.90. The second kappa shape index (κ2) is 5.47. The zero-order chi connectivity index (χ0) is 13.1. The molecule has 0 spiro atoms. The van der Waals surface area contributed by atoms with Crippen LogP contribution in [0.1, 0.15) is 43.5 Å². The molecule has 1 aliphatic rings. The van der Waals surface area contributed by atoms with Crippen LogP contribution in [0.25, 0.3) is 0 Å². The lowest BCUT2D eigenvalue weighted by atomic mass is 9.80. The molecule has 1 aliphatic carbocycles. The standard InChI is InChI=1S/C16H21N3/c1-2-19-10-9-17-16(19)12-18-15-8-4-7-14(11-15)13-5-3-6-13/h4,7-11,13,18H,2-3,5-6,12H2,1H3. The van der Waals surface area contributed by atoms with Crippen molar-refractivity contribution in [2.24, 2.45) is 0 Å². The number of aromatic nitrogens is 2. The minimum absolute atomic E-state index is 0.787. The van der Waals surface area contributed by atoms with Gasteiger partial charge in [0.05, 0.1) is 6.54 Å². The lowest BCUT2D eigenvalue weighted by Gasteiger charge is -2.26. The van der Waals surface area contributed by atoms with Crippen molar-refractivity contribution < 1.29 is 0 Å². The Morgan fingerprint density at radius 3 is 3.00 bits per heavy atom. The molecule has 2 aromatic rings. The lowest BCUT2D eigenvalue weighted by molar-refractivity contribution is 0.420. The number of benzene rings is 1. The first-order valence-electron chi connectivity index (χ1n) is 7.20. The molecule has 0 radical (unpaired) electrons. The third-order valence-corrected chi connectivity index (χ3v) is 4.06. The number of nitrogens with zero attached hydrogens (tertiary/aromatic N) is 2. The van der Waals surface area contributed by atoms with Crippen LogP contribution in [0.4, 0.5) is 5.69 Å². The zero-order valence-electron chi connectivity index (χ0n) is 11.5. The Morgan fingerprint density at radius 2 is 2.26 bits per heavy atom. The molecule has 1 heterocycles. The van der Waals surface area contributed by atoms with E-state index in [0.29, 0.717) is 0 Å². The highest BCUT2D eigenvalue weighted by Crippen LogP contribution is 2.37. The molecular weight excluding hydrogens is 234 g/mol. The van der Waals surface area contributed by atoms with Crippen molar-refractivity contribution in [3.05, 3.63) is 48.0 Å². The van der Waals surface area contributed by atoms with Crippen LogP contribution in [-0.4, -0.2) is 9.55 Å². The van der Waals surface area contributed by atoms with Crippen molar-refractivity contribution in [3.8, 4) is 0 Å². The Hall–Kier alpha value is -1.77. The first kappa shape index (κ1) is 12.3. The summed E-state index contributed by atoms with van der Waals surface area (Å²) < 4.78 is 2.17. The summed E-state index contributed by atoms with van der Waals surface area (Å²) >= 11 is 0. The van der Waals surface area contributed by atoms with Gasteiger partial charge in [-0.2, -0.15) is 0 Å². The third kappa shape index (κ3) is 2.65. The molecule has 0 bridgehead atoms. The Kier molecular flexibility index (Phi) is 3.53. The number of anilines is 1. The quantitative estimate of drug-likeness (QED) is 0.881. The molecule has 0 saturated heterocycles. The van der Waals surface area contributed by atoms with E-state index in [1.54, 1.807) is 0 Å². The zero-order valence-corrected chi connectivity index (χ0v) is 11.5. The summed E-state index contributed by atoms with van der Waals surface area (Å²) in [6, 6.07) is 8.84. The second-order valence-electron chi connectivity index (χ2n) is 5.24. The van der Waals surface area contributed by atoms with E-state index in [1.165, 1.54) is 30.5 Å². The number of aryl methyl sites for hydroxylation is 1. The average molecular weight is 255 g/mol. The van der Waals surface area contributed by atoms with Gasteiger partial charge in [0.1, 0.15) is 5.82 Å². The topological polar surface area (TPSA) is 29.9 Å². The van der Waals surface area contributed by atoms with Crippen LogP contribution >= 0.6 is 0 Å². The van der Waals surface area contributed by atoms with Gasteiger partial charge in [0, 0.05) is 24.6 Å². The van der Waals surface area contributed by atoms with Gasteiger partial charge in [0.25, 0.3) is 0 Å². The van der Waals surface area contributed by atoms with Gasteiger partial charge < -0.3 is 9.88 Å². The van der Waals surface area contributed by atoms with Crippen LogP contribution in [-0.2, 0) is 13.1 Å². The molecule has 1 fully saturated rings. The van der Waals surface area contributed by atoms with Crippen LogP contribution in [0.2, 0.25) is 0 Å². The molecule has 1 N–H and O–H groups in total. The molecule has 19 heavy (non-hydrogen) atoms. The van der Waals surface area contributed by atoms with Gasteiger partial charge >= 0.3 is 0 Å². The first-order chi connectivity index (χ1) is 9.36. The van der Waals surface area contributed by atoms with Gasteiger partial charge in [-0.1, -0.05) is 18.6 Å². The molecule has 1 aromatic heterocycles. The minimum Gasteiger partial charge on any atom is -0.378 e. The highest BCUT2D eigenvalue weighted by Gasteiger charge is 2.19. The van der Waals surface area contributed by atoms with Crippen molar-refractivity contribution in [3.63, 3.8) is 0 Å². The lowest BCUT2D eigenvalue weighted by Crippen LogP contribution is -2.10. The van der Waals surface area contributed by atoms with E-state index in [-0.39, 0.29) is 0 Å². The fourth-order valence-corrected chi connectivity index (χ4v) is 2.62. The predicted molar refractivity (Wildman–Crippen MR) is 78.3 cm³/mol. The molecule has 0 unspecified atom stereocenters. The third-order valence-electron chi connectivity index (χ3n) is 4.06. The van der Waals surface area contributed by atoms with E-state index in [4.69, 9.17) is 0 Å². The average Bonchev–Trinajstić information content (AvgIpc) is 2.82. The SMILES string of the molecule is CCn1ccnc1CNc1cccc(C2CCC2)c1. The van der Waals surface area contributed by atoms with Gasteiger partial charge in [-0.05, 0) is 43.4 Å². The van der Waals surface area contributed by atoms with Crippen LogP contribution in [0, 0.1) is 0 Å². The predicted octanol–water partition coefficient (Wildman–Crippen LogP) is 3.78. The van der Waals surface area contributed by atoms with Crippen LogP contribution < -0.4 is 5.32 Å². The molecular formula is C16H21N3. The number of hydrogen-bond donors (Lipinski definition) is 1. The second-order valence-corrected chi connectivity index (χ2v) is 5.24. The Morgan fingerprint density at radius 1 is 1.37 bits per heavy atom. The van der Waals surface area contributed by atoms with Gasteiger partial charge in [-0.3, -0.25) is 0 Å². The molecule has 1 aromatic carbocycles. The van der Waals surface area contributed by atoms with E-state index < -0.39 is 0 Å². The summed E-state index contributed by atoms with van der Waals surface area (Å²) in [7, 11) is 0. The highest BCUT2D eigenvalue weighted by molar-refractivity contribution is 5.47. The Balaban J connectivity index is 1.66. The van der Waals surface area contributed by atoms with E-state index in [0.717, 1.165) is 24.8 Å². The maximum absolute atomic E-state index is 4.39. The van der Waals surface area contributed by atoms with E-state index in [2.05, 4.69) is 46.1 Å². The van der Waals surface area contributed by atoms with Crippen molar-refractivity contribution in [2.45, 2.75) is 45.2 Å². The van der Waals surface area contributed by atoms with Crippen molar-refractivity contribution in [2.75, 3.05) is 5.32 Å². The van der Waals surface area contributed by atoms with Crippen LogP contribution in [0.3, 0.4) is 0 Å².